The molecule has 19 heavy (non-hydrogen) atoms. The minimum atomic E-state index is 0.374. The van der Waals surface area contributed by atoms with Crippen molar-refractivity contribution in [2.75, 3.05) is 11.4 Å². The van der Waals surface area contributed by atoms with E-state index in [1.54, 1.807) is 0 Å². The van der Waals surface area contributed by atoms with Crippen LogP contribution < -0.4 is 4.90 Å². The molecule has 0 N–H and O–H groups in total. The van der Waals surface area contributed by atoms with E-state index < -0.39 is 0 Å². The molecule has 0 bridgehead atoms. The molecule has 0 aliphatic carbocycles. The van der Waals surface area contributed by atoms with Gasteiger partial charge in [-0.05, 0) is 20.8 Å². The topological polar surface area (TPSA) is 33.2 Å². The van der Waals surface area contributed by atoms with Crippen molar-refractivity contribution in [3.63, 3.8) is 0 Å². The molecule has 0 saturated heterocycles. The molecule has 0 aliphatic rings. The fourth-order valence-corrected chi connectivity index (χ4v) is 3.15. The van der Waals surface area contributed by atoms with E-state index in [0.717, 1.165) is 29.2 Å². The van der Waals surface area contributed by atoms with Gasteiger partial charge in [-0.25, -0.2) is 4.98 Å². The number of carbonyl (C=O) groups is 1. The number of thiazole rings is 1. The SMILES string of the molecule is CCN(c1nc(-c2ccccc2)c(C=O)s1)C(C)C. The number of benzene rings is 1. The molecular weight excluding hydrogens is 256 g/mol. The zero-order valence-corrected chi connectivity index (χ0v) is 12.3. The summed E-state index contributed by atoms with van der Waals surface area (Å²) in [6.45, 7) is 7.25. The number of rotatable bonds is 5. The Morgan fingerprint density at radius 3 is 2.53 bits per heavy atom. The molecule has 1 heterocycles. The third kappa shape index (κ3) is 2.84. The van der Waals surface area contributed by atoms with Gasteiger partial charge in [-0.2, -0.15) is 0 Å². The van der Waals surface area contributed by atoms with Crippen LogP contribution in [-0.4, -0.2) is 23.9 Å². The number of anilines is 1. The standard InChI is InChI=1S/C15H18N2OS/c1-4-17(11(2)3)15-16-14(13(10-18)19-15)12-8-6-5-7-9-12/h5-11H,4H2,1-3H3. The molecule has 2 aromatic rings. The maximum atomic E-state index is 11.2. The molecule has 2 rings (SSSR count). The summed E-state index contributed by atoms with van der Waals surface area (Å²) < 4.78 is 0. The number of hydrogen-bond acceptors (Lipinski definition) is 4. The van der Waals surface area contributed by atoms with E-state index in [4.69, 9.17) is 0 Å². The highest BCUT2D eigenvalue weighted by Gasteiger charge is 2.17. The summed E-state index contributed by atoms with van der Waals surface area (Å²) in [5.74, 6) is 0. The van der Waals surface area contributed by atoms with E-state index in [1.165, 1.54) is 11.3 Å². The highest BCUT2D eigenvalue weighted by molar-refractivity contribution is 7.17. The molecule has 0 saturated carbocycles. The lowest BCUT2D eigenvalue weighted by Crippen LogP contribution is -2.30. The third-order valence-corrected chi connectivity index (χ3v) is 4.02. The van der Waals surface area contributed by atoms with Crippen molar-refractivity contribution in [1.82, 2.24) is 4.98 Å². The zero-order valence-electron chi connectivity index (χ0n) is 11.5. The van der Waals surface area contributed by atoms with E-state index in [-0.39, 0.29) is 0 Å². The fourth-order valence-electron chi connectivity index (χ4n) is 2.05. The van der Waals surface area contributed by atoms with E-state index in [0.29, 0.717) is 10.9 Å². The van der Waals surface area contributed by atoms with Crippen LogP contribution in [-0.2, 0) is 0 Å². The zero-order chi connectivity index (χ0) is 13.8. The summed E-state index contributed by atoms with van der Waals surface area (Å²) >= 11 is 1.46. The Kier molecular flexibility index (Phi) is 4.32. The second-order valence-corrected chi connectivity index (χ2v) is 5.58. The molecule has 0 aliphatic heterocycles. The first-order chi connectivity index (χ1) is 9.17. The fraction of sp³-hybridized carbons (Fsp3) is 0.333. The Bertz CT molecular complexity index is 549. The molecule has 0 atom stereocenters. The molecule has 100 valence electrons. The molecule has 0 spiro atoms. The number of aromatic nitrogens is 1. The van der Waals surface area contributed by atoms with Gasteiger partial charge in [0, 0.05) is 18.2 Å². The normalized spacial score (nSPS) is 10.7. The Balaban J connectivity index is 2.46. The van der Waals surface area contributed by atoms with Gasteiger partial charge >= 0.3 is 0 Å². The Hall–Kier alpha value is -1.68. The summed E-state index contributed by atoms with van der Waals surface area (Å²) in [6, 6.07) is 10.2. The lowest BCUT2D eigenvalue weighted by molar-refractivity contribution is 0.112. The van der Waals surface area contributed by atoms with Gasteiger partial charge in [0.1, 0.15) is 0 Å². The van der Waals surface area contributed by atoms with Gasteiger partial charge in [0.05, 0.1) is 10.6 Å². The smallest absolute Gasteiger partial charge is 0.186 e. The highest BCUT2D eigenvalue weighted by Crippen LogP contribution is 2.32. The minimum absolute atomic E-state index is 0.374. The maximum absolute atomic E-state index is 11.2. The van der Waals surface area contributed by atoms with E-state index in [2.05, 4.69) is 30.7 Å². The van der Waals surface area contributed by atoms with Crippen LogP contribution in [0.15, 0.2) is 30.3 Å². The van der Waals surface area contributed by atoms with Crippen LogP contribution in [0.5, 0.6) is 0 Å². The highest BCUT2D eigenvalue weighted by atomic mass is 32.1. The van der Waals surface area contributed by atoms with Crippen molar-refractivity contribution in [3.05, 3.63) is 35.2 Å². The second-order valence-electron chi connectivity index (χ2n) is 4.57. The van der Waals surface area contributed by atoms with Gasteiger partial charge in [-0.3, -0.25) is 4.79 Å². The van der Waals surface area contributed by atoms with Crippen molar-refractivity contribution in [2.24, 2.45) is 0 Å². The Labute approximate surface area is 117 Å². The van der Waals surface area contributed by atoms with Crippen molar-refractivity contribution in [2.45, 2.75) is 26.8 Å². The summed E-state index contributed by atoms with van der Waals surface area (Å²) in [6.07, 6.45) is 0.900. The average molecular weight is 274 g/mol. The molecule has 1 aromatic carbocycles. The van der Waals surface area contributed by atoms with Crippen LogP contribution in [0.2, 0.25) is 0 Å². The summed E-state index contributed by atoms with van der Waals surface area (Å²) in [5.41, 5.74) is 1.78. The van der Waals surface area contributed by atoms with Crippen LogP contribution in [0.4, 0.5) is 5.13 Å². The van der Waals surface area contributed by atoms with Gasteiger partial charge in [-0.1, -0.05) is 41.7 Å². The predicted octanol–water partition coefficient (Wildman–Crippen LogP) is 3.86. The maximum Gasteiger partial charge on any atom is 0.186 e. The van der Waals surface area contributed by atoms with Crippen LogP contribution in [0.1, 0.15) is 30.4 Å². The molecule has 1 aromatic heterocycles. The van der Waals surface area contributed by atoms with E-state index >= 15 is 0 Å². The number of hydrogen-bond donors (Lipinski definition) is 0. The van der Waals surface area contributed by atoms with Gasteiger partial charge < -0.3 is 4.90 Å². The van der Waals surface area contributed by atoms with Crippen molar-refractivity contribution >= 4 is 22.8 Å². The first-order valence-corrected chi connectivity index (χ1v) is 7.27. The first kappa shape index (κ1) is 13.7. The number of aldehydes is 1. The third-order valence-electron chi connectivity index (χ3n) is 3.01. The van der Waals surface area contributed by atoms with Crippen LogP contribution in [0.3, 0.4) is 0 Å². The van der Waals surface area contributed by atoms with E-state index in [9.17, 15) is 4.79 Å². The second kappa shape index (κ2) is 5.97. The monoisotopic (exact) mass is 274 g/mol. The van der Waals surface area contributed by atoms with Crippen LogP contribution in [0, 0.1) is 0 Å². The summed E-state index contributed by atoms with van der Waals surface area (Å²) in [4.78, 5) is 18.8. The van der Waals surface area contributed by atoms with Gasteiger partial charge in [0.2, 0.25) is 0 Å². The predicted molar refractivity (Wildman–Crippen MR) is 81.1 cm³/mol. The van der Waals surface area contributed by atoms with Crippen molar-refractivity contribution in [3.8, 4) is 11.3 Å². The van der Waals surface area contributed by atoms with Gasteiger partial charge in [-0.15, -0.1) is 0 Å². The average Bonchev–Trinajstić information content (AvgIpc) is 2.84. The molecule has 0 radical (unpaired) electrons. The Morgan fingerprint density at radius 2 is 2.00 bits per heavy atom. The number of carbonyl (C=O) groups excluding carboxylic acids is 1. The summed E-state index contributed by atoms with van der Waals surface area (Å²) in [7, 11) is 0. The van der Waals surface area contributed by atoms with Gasteiger partial charge in [0.15, 0.2) is 11.4 Å². The molecule has 0 amide bonds. The lowest BCUT2D eigenvalue weighted by Gasteiger charge is -2.24. The largest absolute Gasteiger partial charge is 0.346 e. The summed E-state index contributed by atoms with van der Waals surface area (Å²) in [5, 5.41) is 0.915. The Morgan fingerprint density at radius 1 is 1.32 bits per heavy atom. The molecule has 4 heteroatoms. The molecular formula is C15H18N2OS. The van der Waals surface area contributed by atoms with Crippen LogP contribution in [0.25, 0.3) is 11.3 Å². The number of nitrogens with zero attached hydrogens (tertiary/aromatic N) is 2. The lowest BCUT2D eigenvalue weighted by atomic mass is 10.1. The van der Waals surface area contributed by atoms with E-state index in [1.807, 2.05) is 30.3 Å². The quantitative estimate of drug-likeness (QED) is 0.776. The minimum Gasteiger partial charge on any atom is -0.346 e. The molecule has 0 fully saturated rings. The first-order valence-electron chi connectivity index (χ1n) is 6.45. The van der Waals surface area contributed by atoms with Crippen LogP contribution >= 0.6 is 11.3 Å². The molecule has 3 nitrogen and oxygen atoms in total. The van der Waals surface area contributed by atoms with Crippen molar-refractivity contribution < 1.29 is 4.79 Å². The van der Waals surface area contributed by atoms with Crippen molar-refractivity contribution in [1.29, 1.82) is 0 Å². The van der Waals surface area contributed by atoms with Gasteiger partial charge in [0.25, 0.3) is 0 Å². The molecule has 0 unspecified atom stereocenters.